The summed E-state index contributed by atoms with van der Waals surface area (Å²) >= 11 is 0. The first-order valence-corrected chi connectivity index (χ1v) is 20.7. The van der Waals surface area contributed by atoms with Crippen LogP contribution in [0.2, 0.25) is 0 Å². The van der Waals surface area contributed by atoms with Crippen LogP contribution in [0, 0.1) is 0 Å². The Kier molecular flexibility index (Phi) is 7.50. The van der Waals surface area contributed by atoms with Crippen LogP contribution in [0.3, 0.4) is 0 Å². The standard InChI is InChI=1S/C56H32N4O2/c1-3-12-33(13-4-1)36-16-11-17-37(30-36)53-58-54(60-55(59-53)39-24-26-44-42-20-8-7-18-40(42)41-19-9-10-21-43(41)46(44)32-39)38-23-22-34-25-28-48-50(45(34)31-38)51-49(61-48)29-27-47-52(51)62-56(57-47)35-14-5-2-6-15-35/h1-32H. The summed E-state index contributed by atoms with van der Waals surface area (Å²) in [6.07, 6.45) is 0. The molecule has 0 fully saturated rings. The third kappa shape index (κ3) is 5.44. The normalized spacial score (nSPS) is 11.9. The van der Waals surface area contributed by atoms with E-state index in [0.29, 0.717) is 28.9 Å². The minimum Gasteiger partial charge on any atom is -0.456 e. The first-order chi connectivity index (χ1) is 30.7. The lowest BCUT2D eigenvalue weighted by molar-refractivity contribution is 0.622. The van der Waals surface area contributed by atoms with Gasteiger partial charge < -0.3 is 8.83 Å². The van der Waals surface area contributed by atoms with E-state index in [4.69, 9.17) is 28.8 Å². The van der Waals surface area contributed by atoms with Crippen LogP contribution in [-0.2, 0) is 0 Å². The molecule has 13 aromatic rings. The molecule has 3 aromatic heterocycles. The van der Waals surface area contributed by atoms with Gasteiger partial charge in [0.25, 0.3) is 0 Å². The summed E-state index contributed by atoms with van der Waals surface area (Å²) in [5, 5.41) is 11.1. The molecule has 62 heavy (non-hydrogen) atoms. The summed E-state index contributed by atoms with van der Waals surface area (Å²) in [6, 6.07) is 67.1. The van der Waals surface area contributed by atoms with Crippen LogP contribution < -0.4 is 0 Å². The highest BCUT2D eigenvalue weighted by Crippen LogP contribution is 2.42. The molecule has 0 aliphatic carbocycles. The minimum atomic E-state index is 0.569. The van der Waals surface area contributed by atoms with Crippen LogP contribution in [0.1, 0.15) is 0 Å². The Morgan fingerprint density at radius 1 is 0.290 bits per heavy atom. The Bertz CT molecular complexity index is 3890. The molecule has 10 aromatic carbocycles. The molecule has 0 aliphatic heterocycles. The summed E-state index contributed by atoms with van der Waals surface area (Å²) in [5.74, 6) is 2.33. The number of nitrogens with zero attached hydrogens (tertiary/aromatic N) is 4. The maximum absolute atomic E-state index is 6.55. The molecule has 0 saturated heterocycles. The molecule has 0 spiro atoms. The quantitative estimate of drug-likeness (QED) is 0.162. The average molecular weight is 793 g/mol. The minimum absolute atomic E-state index is 0.569. The molecule has 0 saturated carbocycles. The Hall–Kier alpha value is -8.48. The Morgan fingerprint density at radius 2 is 0.790 bits per heavy atom. The molecule has 6 nitrogen and oxygen atoms in total. The fourth-order valence-corrected chi connectivity index (χ4v) is 9.18. The Labute approximate surface area is 354 Å². The molecule has 0 radical (unpaired) electrons. The van der Waals surface area contributed by atoms with Gasteiger partial charge in [0, 0.05) is 27.6 Å². The molecule has 288 valence electrons. The fourth-order valence-electron chi connectivity index (χ4n) is 9.18. The van der Waals surface area contributed by atoms with Crippen molar-refractivity contribution in [2.24, 2.45) is 0 Å². The van der Waals surface area contributed by atoms with Gasteiger partial charge in [0.05, 0.1) is 5.39 Å². The molecule has 0 bridgehead atoms. The molecular weight excluding hydrogens is 761 g/mol. The summed E-state index contributed by atoms with van der Waals surface area (Å²) in [4.78, 5) is 20.6. The zero-order valence-electron chi connectivity index (χ0n) is 33.1. The highest BCUT2D eigenvalue weighted by Gasteiger charge is 2.20. The summed E-state index contributed by atoms with van der Waals surface area (Å²) in [6.45, 7) is 0. The van der Waals surface area contributed by atoms with E-state index in [-0.39, 0.29) is 0 Å². The van der Waals surface area contributed by atoms with Crippen molar-refractivity contribution in [3.05, 3.63) is 194 Å². The predicted molar refractivity (Wildman–Crippen MR) is 252 cm³/mol. The van der Waals surface area contributed by atoms with Gasteiger partial charge in [0.15, 0.2) is 23.1 Å². The molecule has 0 amide bonds. The SMILES string of the molecule is c1ccc(-c2cccc(-c3nc(-c4ccc5c6ccccc6c6ccccc6c5c4)nc(-c4ccc5ccc6oc7ccc8nc(-c9ccccc9)oc8c7c6c5c4)n3)c2)cc1. The zero-order valence-corrected chi connectivity index (χ0v) is 33.1. The van der Waals surface area contributed by atoms with Gasteiger partial charge in [0.2, 0.25) is 5.89 Å². The van der Waals surface area contributed by atoms with Crippen molar-refractivity contribution in [2.45, 2.75) is 0 Å². The van der Waals surface area contributed by atoms with E-state index < -0.39 is 0 Å². The molecular formula is C56H32N4O2. The van der Waals surface area contributed by atoms with Gasteiger partial charge in [-0.05, 0) is 103 Å². The maximum Gasteiger partial charge on any atom is 0.227 e. The van der Waals surface area contributed by atoms with E-state index in [0.717, 1.165) is 77.0 Å². The number of hydrogen-bond donors (Lipinski definition) is 0. The van der Waals surface area contributed by atoms with E-state index in [1.807, 2.05) is 54.6 Å². The van der Waals surface area contributed by atoms with Gasteiger partial charge in [0.1, 0.15) is 16.7 Å². The Morgan fingerprint density at radius 3 is 1.48 bits per heavy atom. The number of hydrogen-bond acceptors (Lipinski definition) is 6. The van der Waals surface area contributed by atoms with Gasteiger partial charge in [-0.1, -0.05) is 146 Å². The van der Waals surface area contributed by atoms with Crippen molar-refractivity contribution in [3.8, 4) is 56.7 Å². The monoisotopic (exact) mass is 792 g/mol. The van der Waals surface area contributed by atoms with Gasteiger partial charge in [-0.2, -0.15) is 0 Å². The highest BCUT2D eigenvalue weighted by atomic mass is 16.4. The first kappa shape index (κ1) is 34.4. The van der Waals surface area contributed by atoms with Crippen LogP contribution in [0.15, 0.2) is 203 Å². The topological polar surface area (TPSA) is 77.8 Å². The zero-order chi connectivity index (χ0) is 40.7. The third-order valence-corrected chi connectivity index (χ3v) is 12.1. The van der Waals surface area contributed by atoms with E-state index in [9.17, 15) is 0 Å². The fraction of sp³-hybridized carbons (Fsp3) is 0. The number of aromatic nitrogens is 4. The molecule has 0 N–H and O–H groups in total. The van der Waals surface area contributed by atoms with E-state index in [2.05, 4.69) is 140 Å². The molecule has 0 unspecified atom stereocenters. The van der Waals surface area contributed by atoms with Crippen molar-refractivity contribution in [1.29, 1.82) is 0 Å². The maximum atomic E-state index is 6.55. The molecule has 0 aliphatic rings. The lowest BCUT2D eigenvalue weighted by Crippen LogP contribution is -2.00. The lowest BCUT2D eigenvalue weighted by atomic mass is 9.93. The van der Waals surface area contributed by atoms with E-state index >= 15 is 0 Å². The number of rotatable bonds is 5. The third-order valence-electron chi connectivity index (χ3n) is 12.1. The van der Waals surface area contributed by atoms with Crippen molar-refractivity contribution in [1.82, 2.24) is 19.9 Å². The van der Waals surface area contributed by atoms with Gasteiger partial charge in [-0.15, -0.1) is 0 Å². The number of benzene rings is 10. The van der Waals surface area contributed by atoms with Gasteiger partial charge >= 0.3 is 0 Å². The predicted octanol–water partition coefficient (Wildman–Crippen LogP) is 14.9. The van der Waals surface area contributed by atoms with Crippen LogP contribution in [-0.4, -0.2) is 19.9 Å². The summed E-state index contributed by atoms with van der Waals surface area (Å²) < 4.78 is 13.0. The number of furan rings is 1. The first-order valence-electron chi connectivity index (χ1n) is 20.7. The van der Waals surface area contributed by atoms with E-state index in [1.54, 1.807) is 0 Å². The largest absolute Gasteiger partial charge is 0.456 e. The second-order valence-electron chi connectivity index (χ2n) is 15.8. The molecule has 3 heterocycles. The molecule has 13 rings (SSSR count). The number of oxazole rings is 1. The van der Waals surface area contributed by atoms with Crippen molar-refractivity contribution >= 4 is 76.1 Å². The van der Waals surface area contributed by atoms with Crippen LogP contribution in [0.25, 0.3) is 133 Å². The lowest BCUT2D eigenvalue weighted by Gasteiger charge is -2.13. The Balaban J connectivity index is 1.04. The molecule has 0 atom stereocenters. The summed E-state index contributed by atoms with van der Waals surface area (Å²) in [7, 11) is 0. The molecule has 6 heteroatoms. The highest BCUT2D eigenvalue weighted by molar-refractivity contribution is 6.26. The number of fused-ring (bicyclic) bond motifs is 13. The van der Waals surface area contributed by atoms with Gasteiger partial charge in [-0.3, -0.25) is 0 Å². The second kappa shape index (κ2) is 13.5. The van der Waals surface area contributed by atoms with Gasteiger partial charge in [-0.25, -0.2) is 19.9 Å². The van der Waals surface area contributed by atoms with Crippen molar-refractivity contribution in [2.75, 3.05) is 0 Å². The summed E-state index contributed by atoms with van der Waals surface area (Å²) in [5.41, 5.74) is 8.76. The van der Waals surface area contributed by atoms with Crippen molar-refractivity contribution < 1.29 is 8.83 Å². The van der Waals surface area contributed by atoms with Crippen LogP contribution in [0.5, 0.6) is 0 Å². The van der Waals surface area contributed by atoms with Crippen LogP contribution in [0.4, 0.5) is 0 Å². The average Bonchev–Trinajstić information content (AvgIpc) is 3.97. The van der Waals surface area contributed by atoms with Crippen molar-refractivity contribution in [3.63, 3.8) is 0 Å². The van der Waals surface area contributed by atoms with Crippen LogP contribution >= 0.6 is 0 Å². The van der Waals surface area contributed by atoms with E-state index in [1.165, 1.54) is 26.9 Å². The second-order valence-corrected chi connectivity index (χ2v) is 15.8. The smallest absolute Gasteiger partial charge is 0.227 e.